The van der Waals surface area contributed by atoms with E-state index in [2.05, 4.69) is 29.8 Å². The van der Waals surface area contributed by atoms with Gasteiger partial charge < -0.3 is 20.7 Å². The van der Waals surface area contributed by atoms with E-state index in [-0.39, 0.29) is 11.8 Å². The molecule has 0 bridgehead atoms. The molecule has 3 N–H and O–H groups in total. The quantitative estimate of drug-likeness (QED) is 0.656. The first kappa shape index (κ1) is 21.1. The third-order valence-electron chi connectivity index (χ3n) is 5.01. The molecule has 156 valence electrons. The zero-order valence-electron chi connectivity index (χ0n) is 17.4. The number of urea groups is 1. The summed E-state index contributed by atoms with van der Waals surface area (Å²) in [5.41, 5.74) is 3.70. The van der Waals surface area contributed by atoms with Crippen molar-refractivity contribution >= 4 is 23.6 Å². The standard InChI is InChI=1S/C23H25N3O4/c1-13(2)17-7-5-6-8-18(17)25-21(27)19-14(3)24-23(29)26-20(19)15-9-11-16(12-10-15)22(28)30-4/h5-13,20H,1-4H3,(H,25,27)(H2,24,26,29)/t20-/m1/s1. The van der Waals surface area contributed by atoms with Crippen molar-refractivity contribution in [2.45, 2.75) is 32.7 Å². The van der Waals surface area contributed by atoms with Gasteiger partial charge in [0.15, 0.2) is 0 Å². The van der Waals surface area contributed by atoms with Gasteiger partial charge in [-0.2, -0.15) is 0 Å². The normalized spacial score (nSPS) is 16.0. The van der Waals surface area contributed by atoms with Crippen LogP contribution in [0.2, 0.25) is 0 Å². The highest BCUT2D eigenvalue weighted by atomic mass is 16.5. The first-order valence-corrected chi connectivity index (χ1v) is 9.68. The Morgan fingerprint density at radius 2 is 1.73 bits per heavy atom. The Hall–Kier alpha value is -3.61. The number of carbonyl (C=O) groups is 3. The number of esters is 1. The van der Waals surface area contributed by atoms with Gasteiger partial charge >= 0.3 is 12.0 Å². The van der Waals surface area contributed by atoms with Crippen molar-refractivity contribution in [1.82, 2.24) is 10.6 Å². The van der Waals surface area contributed by atoms with Gasteiger partial charge in [0, 0.05) is 11.4 Å². The van der Waals surface area contributed by atoms with Crippen LogP contribution in [0.25, 0.3) is 0 Å². The lowest BCUT2D eigenvalue weighted by atomic mass is 9.93. The molecule has 0 fully saturated rings. The summed E-state index contributed by atoms with van der Waals surface area (Å²) in [7, 11) is 1.31. The Kier molecular flexibility index (Phi) is 6.20. The summed E-state index contributed by atoms with van der Waals surface area (Å²) in [4.78, 5) is 37.0. The lowest BCUT2D eigenvalue weighted by molar-refractivity contribution is -0.113. The van der Waals surface area contributed by atoms with Gasteiger partial charge in [0.05, 0.1) is 24.3 Å². The number of nitrogens with one attached hydrogen (secondary N) is 3. The molecule has 30 heavy (non-hydrogen) atoms. The second kappa shape index (κ2) is 8.82. The summed E-state index contributed by atoms with van der Waals surface area (Å²) >= 11 is 0. The van der Waals surface area contributed by atoms with Gasteiger partial charge in [0.25, 0.3) is 5.91 Å². The molecule has 1 atom stereocenters. The highest BCUT2D eigenvalue weighted by Crippen LogP contribution is 2.30. The zero-order chi connectivity index (χ0) is 21.8. The number of anilines is 1. The van der Waals surface area contributed by atoms with Gasteiger partial charge in [0.1, 0.15) is 0 Å². The van der Waals surface area contributed by atoms with Gasteiger partial charge in [-0.3, -0.25) is 4.79 Å². The molecule has 0 spiro atoms. The number of hydrogen-bond acceptors (Lipinski definition) is 4. The highest BCUT2D eigenvalue weighted by Gasteiger charge is 2.31. The monoisotopic (exact) mass is 407 g/mol. The lowest BCUT2D eigenvalue weighted by Gasteiger charge is -2.29. The molecule has 0 aromatic heterocycles. The molecule has 3 amide bonds. The van der Waals surface area contributed by atoms with Crippen molar-refractivity contribution in [3.8, 4) is 0 Å². The fourth-order valence-corrected chi connectivity index (χ4v) is 3.48. The van der Waals surface area contributed by atoms with E-state index < -0.39 is 18.0 Å². The summed E-state index contributed by atoms with van der Waals surface area (Å²) in [5.74, 6) is -0.525. The molecule has 7 nitrogen and oxygen atoms in total. The van der Waals surface area contributed by atoms with Crippen LogP contribution in [0.15, 0.2) is 59.8 Å². The summed E-state index contributed by atoms with van der Waals surface area (Å²) < 4.78 is 4.72. The van der Waals surface area contributed by atoms with Crippen LogP contribution in [-0.4, -0.2) is 25.0 Å². The van der Waals surface area contributed by atoms with Crippen LogP contribution in [-0.2, 0) is 9.53 Å². The van der Waals surface area contributed by atoms with Gasteiger partial charge in [-0.1, -0.05) is 44.2 Å². The molecular weight excluding hydrogens is 382 g/mol. The van der Waals surface area contributed by atoms with Crippen molar-refractivity contribution in [1.29, 1.82) is 0 Å². The van der Waals surface area contributed by atoms with Gasteiger partial charge in [-0.05, 0) is 42.2 Å². The Bertz CT molecular complexity index is 1010. The van der Waals surface area contributed by atoms with E-state index in [0.717, 1.165) is 11.3 Å². The van der Waals surface area contributed by atoms with E-state index in [0.29, 0.717) is 22.4 Å². The largest absolute Gasteiger partial charge is 0.465 e. The maximum Gasteiger partial charge on any atom is 0.337 e. The van der Waals surface area contributed by atoms with Crippen LogP contribution < -0.4 is 16.0 Å². The van der Waals surface area contributed by atoms with Crippen LogP contribution in [0.3, 0.4) is 0 Å². The summed E-state index contributed by atoms with van der Waals surface area (Å²) in [5, 5.41) is 8.44. The molecule has 0 aliphatic carbocycles. The fourth-order valence-electron chi connectivity index (χ4n) is 3.48. The average Bonchev–Trinajstić information content (AvgIpc) is 2.72. The highest BCUT2D eigenvalue weighted by molar-refractivity contribution is 6.07. The predicted molar refractivity (Wildman–Crippen MR) is 114 cm³/mol. The Balaban J connectivity index is 1.94. The van der Waals surface area contributed by atoms with Crippen LogP contribution in [0.5, 0.6) is 0 Å². The van der Waals surface area contributed by atoms with E-state index in [1.807, 2.05) is 24.3 Å². The number of ether oxygens (including phenoxy) is 1. The maximum atomic E-state index is 13.2. The number of allylic oxidation sites excluding steroid dienone is 1. The number of rotatable bonds is 5. The molecule has 1 aliphatic rings. The minimum atomic E-state index is -0.656. The minimum absolute atomic E-state index is 0.238. The SMILES string of the molecule is COC(=O)c1ccc([C@H]2NC(=O)NC(C)=C2C(=O)Nc2ccccc2C(C)C)cc1. The number of hydrogen-bond donors (Lipinski definition) is 3. The van der Waals surface area contributed by atoms with E-state index in [4.69, 9.17) is 4.74 Å². The summed E-state index contributed by atoms with van der Waals surface area (Å²) in [6, 6.07) is 13.2. The molecule has 3 rings (SSSR count). The number of benzene rings is 2. The van der Waals surface area contributed by atoms with Crippen molar-refractivity contribution in [3.63, 3.8) is 0 Å². The Morgan fingerprint density at radius 3 is 2.37 bits per heavy atom. The molecule has 0 unspecified atom stereocenters. The van der Waals surface area contributed by atoms with E-state index in [1.165, 1.54) is 7.11 Å². The third-order valence-corrected chi connectivity index (χ3v) is 5.01. The zero-order valence-corrected chi connectivity index (χ0v) is 17.4. The molecule has 0 saturated carbocycles. The number of methoxy groups -OCH3 is 1. The first-order valence-electron chi connectivity index (χ1n) is 9.68. The van der Waals surface area contributed by atoms with Crippen molar-refractivity contribution in [2.24, 2.45) is 0 Å². The number of para-hydroxylation sites is 1. The van der Waals surface area contributed by atoms with Gasteiger partial charge in [0.2, 0.25) is 0 Å². The first-order chi connectivity index (χ1) is 14.3. The van der Waals surface area contributed by atoms with Crippen LogP contribution in [0.1, 0.15) is 54.2 Å². The number of amides is 3. The molecule has 2 aromatic rings. The predicted octanol–water partition coefficient (Wildman–Crippen LogP) is 3.86. The Morgan fingerprint density at radius 1 is 1.07 bits per heavy atom. The second-order valence-electron chi connectivity index (χ2n) is 7.38. The minimum Gasteiger partial charge on any atom is -0.465 e. The smallest absolute Gasteiger partial charge is 0.337 e. The summed E-state index contributed by atoms with van der Waals surface area (Å²) in [6.45, 7) is 5.81. The molecule has 1 heterocycles. The molecule has 0 radical (unpaired) electrons. The van der Waals surface area contributed by atoms with Gasteiger partial charge in [-0.15, -0.1) is 0 Å². The molecule has 1 aliphatic heterocycles. The van der Waals surface area contributed by atoms with Crippen LogP contribution in [0.4, 0.5) is 10.5 Å². The Labute approximate surface area is 175 Å². The van der Waals surface area contributed by atoms with Crippen LogP contribution >= 0.6 is 0 Å². The van der Waals surface area contributed by atoms with Crippen LogP contribution in [0, 0.1) is 0 Å². The topological polar surface area (TPSA) is 96.5 Å². The van der Waals surface area contributed by atoms with Crippen molar-refractivity contribution in [2.75, 3.05) is 12.4 Å². The fraction of sp³-hybridized carbons (Fsp3) is 0.261. The second-order valence-corrected chi connectivity index (χ2v) is 7.38. The summed E-state index contributed by atoms with van der Waals surface area (Å²) in [6.07, 6.45) is 0. The molecular formula is C23H25N3O4. The lowest BCUT2D eigenvalue weighted by Crippen LogP contribution is -2.46. The number of carbonyl (C=O) groups excluding carboxylic acids is 3. The van der Waals surface area contributed by atoms with E-state index >= 15 is 0 Å². The molecule has 0 saturated heterocycles. The van der Waals surface area contributed by atoms with E-state index in [1.54, 1.807) is 31.2 Å². The molecule has 7 heteroatoms. The maximum absolute atomic E-state index is 13.2. The average molecular weight is 407 g/mol. The third kappa shape index (κ3) is 4.35. The van der Waals surface area contributed by atoms with Crippen molar-refractivity contribution in [3.05, 3.63) is 76.5 Å². The van der Waals surface area contributed by atoms with Crippen molar-refractivity contribution < 1.29 is 19.1 Å². The van der Waals surface area contributed by atoms with Gasteiger partial charge in [-0.25, -0.2) is 9.59 Å². The van der Waals surface area contributed by atoms with E-state index in [9.17, 15) is 14.4 Å². The molecule has 2 aromatic carbocycles.